The number of anilines is 1. The Morgan fingerprint density at radius 2 is 1.92 bits per heavy atom. The van der Waals surface area contributed by atoms with Crippen LogP contribution in [0.3, 0.4) is 0 Å². The van der Waals surface area contributed by atoms with Crippen molar-refractivity contribution in [1.82, 2.24) is 29.5 Å². The topological polar surface area (TPSA) is 72.6 Å². The van der Waals surface area contributed by atoms with E-state index < -0.39 is 0 Å². The van der Waals surface area contributed by atoms with E-state index in [-0.39, 0.29) is 0 Å². The van der Waals surface area contributed by atoms with Gasteiger partial charge >= 0.3 is 0 Å². The summed E-state index contributed by atoms with van der Waals surface area (Å²) in [6.07, 6.45) is 12.8. The molecule has 7 heteroatoms. The molecule has 4 rings (SSSR count). The van der Waals surface area contributed by atoms with Crippen molar-refractivity contribution in [2.75, 3.05) is 18.0 Å². The molecule has 0 atom stereocenters. The van der Waals surface area contributed by atoms with Crippen LogP contribution in [0.25, 0.3) is 5.82 Å². The molecule has 24 heavy (non-hydrogen) atoms. The standard InChI is InChI=1S/C17H19N7/c1-13-8-16(21-11-20-13)23-5-2-14(3-6-23)15-9-19-10-17(22-15)24-7-4-18-12-24/h4,7-12,14H,2-3,5-6H2,1H3. The van der Waals surface area contributed by atoms with E-state index in [1.54, 1.807) is 25.0 Å². The van der Waals surface area contributed by atoms with E-state index in [0.29, 0.717) is 5.92 Å². The van der Waals surface area contributed by atoms with Crippen molar-refractivity contribution < 1.29 is 0 Å². The molecule has 1 aliphatic rings. The van der Waals surface area contributed by atoms with E-state index in [9.17, 15) is 0 Å². The fourth-order valence-corrected chi connectivity index (χ4v) is 3.10. The summed E-state index contributed by atoms with van der Waals surface area (Å²) in [6.45, 7) is 3.94. The molecule has 3 aromatic rings. The zero-order valence-corrected chi connectivity index (χ0v) is 13.6. The maximum absolute atomic E-state index is 4.77. The molecular weight excluding hydrogens is 302 g/mol. The van der Waals surface area contributed by atoms with Crippen molar-refractivity contribution in [3.05, 3.63) is 54.9 Å². The summed E-state index contributed by atoms with van der Waals surface area (Å²) in [5.41, 5.74) is 2.06. The summed E-state index contributed by atoms with van der Waals surface area (Å²) in [4.78, 5) is 24.1. The Balaban J connectivity index is 1.47. The normalized spacial score (nSPS) is 15.6. The smallest absolute Gasteiger partial charge is 0.156 e. The van der Waals surface area contributed by atoms with Gasteiger partial charge in [0.2, 0.25) is 0 Å². The minimum absolute atomic E-state index is 0.431. The Bertz CT molecular complexity index is 807. The number of piperidine rings is 1. The number of hydrogen-bond donors (Lipinski definition) is 0. The first-order valence-corrected chi connectivity index (χ1v) is 8.13. The highest BCUT2D eigenvalue weighted by Gasteiger charge is 2.23. The summed E-state index contributed by atoms with van der Waals surface area (Å²) < 4.78 is 1.88. The molecule has 1 fully saturated rings. The molecule has 1 aliphatic heterocycles. The molecule has 3 aromatic heterocycles. The Morgan fingerprint density at radius 3 is 2.67 bits per heavy atom. The van der Waals surface area contributed by atoms with Gasteiger partial charge in [-0.05, 0) is 19.8 Å². The van der Waals surface area contributed by atoms with Gasteiger partial charge in [0.05, 0.1) is 11.9 Å². The molecule has 0 N–H and O–H groups in total. The van der Waals surface area contributed by atoms with Gasteiger partial charge in [0, 0.05) is 49.4 Å². The average Bonchev–Trinajstić information content (AvgIpc) is 3.17. The predicted molar refractivity (Wildman–Crippen MR) is 90.1 cm³/mol. The van der Waals surface area contributed by atoms with Gasteiger partial charge in [-0.25, -0.2) is 19.9 Å². The van der Waals surface area contributed by atoms with Gasteiger partial charge in [0.25, 0.3) is 0 Å². The van der Waals surface area contributed by atoms with E-state index in [1.165, 1.54) is 0 Å². The van der Waals surface area contributed by atoms with Crippen LogP contribution in [0.2, 0.25) is 0 Å². The van der Waals surface area contributed by atoms with Gasteiger partial charge in [0.15, 0.2) is 5.82 Å². The van der Waals surface area contributed by atoms with Crippen LogP contribution in [0.1, 0.15) is 30.1 Å². The molecule has 0 aromatic carbocycles. The molecule has 0 saturated carbocycles. The second-order valence-corrected chi connectivity index (χ2v) is 6.05. The quantitative estimate of drug-likeness (QED) is 0.736. The van der Waals surface area contributed by atoms with Gasteiger partial charge in [-0.1, -0.05) is 0 Å². The van der Waals surface area contributed by atoms with Crippen molar-refractivity contribution in [2.45, 2.75) is 25.7 Å². The lowest BCUT2D eigenvalue weighted by Gasteiger charge is -2.32. The van der Waals surface area contributed by atoms with E-state index >= 15 is 0 Å². The largest absolute Gasteiger partial charge is 0.356 e. The molecule has 0 radical (unpaired) electrons. The number of aryl methyl sites for hydroxylation is 1. The van der Waals surface area contributed by atoms with Crippen LogP contribution in [0, 0.1) is 6.92 Å². The van der Waals surface area contributed by atoms with Crippen LogP contribution in [-0.2, 0) is 0 Å². The highest BCUT2D eigenvalue weighted by Crippen LogP contribution is 2.28. The maximum atomic E-state index is 4.77. The first kappa shape index (κ1) is 14.7. The van der Waals surface area contributed by atoms with E-state index in [2.05, 4.69) is 24.8 Å². The van der Waals surface area contributed by atoms with E-state index in [0.717, 1.165) is 49.0 Å². The minimum atomic E-state index is 0.431. The fraction of sp³-hybridized carbons (Fsp3) is 0.353. The molecule has 0 spiro atoms. The predicted octanol–water partition coefficient (Wildman–Crippen LogP) is 2.14. The lowest BCUT2D eigenvalue weighted by molar-refractivity contribution is 0.491. The molecule has 0 amide bonds. The van der Waals surface area contributed by atoms with Crippen LogP contribution >= 0.6 is 0 Å². The molecule has 7 nitrogen and oxygen atoms in total. The van der Waals surface area contributed by atoms with E-state index in [1.807, 2.05) is 30.0 Å². The molecule has 122 valence electrons. The van der Waals surface area contributed by atoms with Crippen molar-refractivity contribution >= 4 is 5.82 Å². The molecule has 0 bridgehead atoms. The van der Waals surface area contributed by atoms with Crippen molar-refractivity contribution in [1.29, 1.82) is 0 Å². The number of rotatable bonds is 3. The van der Waals surface area contributed by atoms with Crippen molar-refractivity contribution in [3.8, 4) is 5.82 Å². The van der Waals surface area contributed by atoms with Crippen LogP contribution < -0.4 is 4.90 Å². The first-order chi connectivity index (χ1) is 11.8. The third-order valence-corrected chi connectivity index (χ3v) is 4.44. The van der Waals surface area contributed by atoms with Crippen LogP contribution in [0.15, 0.2) is 43.5 Å². The first-order valence-electron chi connectivity index (χ1n) is 8.13. The van der Waals surface area contributed by atoms with Crippen LogP contribution in [-0.4, -0.2) is 42.6 Å². The van der Waals surface area contributed by atoms with Gasteiger partial charge < -0.3 is 4.90 Å². The highest BCUT2D eigenvalue weighted by molar-refractivity contribution is 5.39. The third kappa shape index (κ3) is 2.97. The third-order valence-electron chi connectivity index (χ3n) is 4.44. The SMILES string of the molecule is Cc1cc(N2CCC(c3cncc(-n4ccnc4)n3)CC2)ncn1. The zero-order chi connectivity index (χ0) is 16.4. The Hall–Kier alpha value is -2.83. The van der Waals surface area contributed by atoms with Crippen molar-refractivity contribution in [3.63, 3.8) is 0 Å². The number of imidazole rings is 1. The summed E-state index contributed by atoms with van der Waals surface area (Å²) in [7, 11) is 0. The highest BCUT2D eigenvalue weighted by atomic mass is 15.2. The van der Waals surface area contributed by atoms with Gasteiger partial charge in [-0.2, -0.15) is 0 Å². The van der Waals surface area contributed by atoms with Crippen LogP contribution in [0.5, 0.6) is 0 Å². The molecular formula is C17H19N7. The van der Waals surface area contributed by atoms with Crippen molar-refractivity contribution in [2.24, 2.45) is 0 Å². The van der Waals surface area contributed by atoms with E-state index in [4.69, 9.17) is 4.98 Å². The molecule has 0 unspecified atom stereocenters. The summed E-state index contributed by atoms with van der Waals surface area (Å²) in [6, 6.07) is 2.04. The Kier molecular flexibility index (Phi) is 3.90. The number of nitrogens with zero attached hydrogens (tertiary/aromatic N) is 7. The monoisotopic (exact) mass is 321 g/mol. The average molecular weight is 321 g/mol. The maximum Gasteiger partial charge on any atom is 0.156 e. The number of hydrogen-bond acceptors (Lipinski definition) is 6. The summed E-state index contributed by atoms with van der Waals surface area (Å²) in [5, 5.41) is 0. The Morgan fingerprint density at radius 1 is 1.04 bits per heavy atom. The summed E-state index contributed by atoms with van der Waals surface area (Å²) >= 11 is 0. The van der Waals surface area contributed by atoms with Crippen LogP contribution in [0.4, 0.5) is 5.82 Å². The van der Waals surface area contributed by atoms with Gasteiger partial charge in [-0.3, -0.25) is 9.55 Å². The molecule has 4 heterocycles. The zero-order valence-electron chi connectivity index (χ0n) is 13.6. The lowest BCUT2D eigenvalue weighted by Crippen LogP contribution is -2.33. The second kappa shape index (κ2) is 6.35. The summed E-state index contributed by atoms with van der Waals surface area (Å²) in [5.74, 6) is 2.26. The minimum Gasteiger partial charge on any atom is -0.356 e. The number of aromatic nitrogens is 6. The van der Waals surface area contributed by atoms with Gasteiger partial charge in [-0.15, -0.1) is 0 Å². The lowest BCUT2D eigenvalue weighted by atomic mass is 9.94. The van der Waals surface area contributed by atoms with Gasteiger partial charge in [0.1, 0.15) is 18.5 Å². The fourth-order valence-electron chi connectivity index (χ4n) is 3.10. The molecule has 0 aliphatic carbocycles. The second-order valence-electron chi connectivity index (χ2n) is 6.05. The Labute approximate surface area is 140 Å². The molecule has 1 saturated heterocycles.